The van der Waals surface area contributed by atoms with Crippen LogP contribution >= 0.6 is 34.5 Å². The first-order valence-corrected chi connectivity index (χ1v) is 11.1. The Kier molecular flexibility index (Phi) is 7.56. The molecule has 0 saturated heterocycles. The number of carbonyl (C=O) groups excluding carboxylic acids is 3. The van der Waals surface area contributed by atoms with E-state index in [1.54, 1.807) is 49.4 Å². The number of carbonyl (C=O) groups is 3. The van der Waals surface area contributed by atoms with Crippen LogP contribution in [0, 0.1) is 13.8 Å². The average molecular weight is 491 g/mol. The van der Waals surface area contributed by atoms with Crippen molar-refractivity contribution in [3.05, 3.63) is 79.6 Å². The van der Waals surface area contributed by atoms with Crippen molar-refractivity contribution in [2.75, 3.05) is 17.7 Å². The van der Waals surface area contributed by atoms with Gasteiger partial charge in [0.1, 0.15) is 5.00 Å². The molecule has 0 atom stereocenters. The molecule has 0 saturated carbocycles. The van der Waals surface area contributed by atoms with E-state index in [0.717, 1.165) is 22.5 Å². The third-order valence-electron chi connectivity index (χ3n) is 4.70. The second-order valence-electron chi connectivity index (χ2n) is 7.02. The summed E-state index contributed by atoms with van der Waals surface area (Å²) in [5.74, 6) is -1.40. The standard InChI is InChI=1S/C23H20Cl2N2O4S/c1-12-4-9-16(11-17(12)25)26-21(29)20-13(2)19(23(30)31-3)22(32-20)27-18(28)10-14-5-7-15(24)8-6-14/h4-9,11H,10H2,1-3H3,(H,26,29)(H,27,28). The number of hydrogen-bond donors (Lipinski definition) is 2. The van der Waals surface area contributed by atoms with E-state index in [1.807, 2.05) is 6.92 Å². The van der Waals surface area contributed by atoms with Crippen LogP contribution in [0.15, 0.2) is 42.5 Å². The molecule has 0 radical (unpaired) electrons. The molecular weight excluding hydrogens is 471 g/mol. The molecule has 0 unspecified atom stereocenters. The van der Waals surface area contributed by atoms with Gasteiger partial charge < -0.3 is 15.4 Å². The summed E-state index contributed by atoms with van der Waals surface area (Å²) in [5.41, 5.74) is 2.73. The fraction of sp³-hybridized carbons (Fsp3) is 0.174. The highest BCUT2D eigenvalue weighted by atomic mass is 35.5. The van der Waals surface area contributed by atoms with Crippen LogP contribution in [0.5, 0.6) is 0 Å². The summed E-state index contributed by atoms with van der Waals surface area (Å²) >= 11 is 13.0. The van der Waals surface area contributed by atoms with Gasteiger partial charge in [-0.05, 0) is 54.8 Å². The smallest absolute Gasteiger partial charge is 0.341 e. The van der Waals surface area contributed by atoms with Crippen LogP contribution in [0.25, 0.3) is 0 Å². The van der Waals surface area contributed by atoms with Crippen molar-refractivity contribution in [1.29, 1.82) is 0 Å². The van der Waals surface area contributed by atoms with Gasteiger partial charge in [-0.1, -0.05) is 41.4 Å². The molecular formula is C23H20Cl2N2O4S. The van der Waals surface area contributed by atoms with Gasteiger partial charge in [-0.2, -0.15) is 0 Å². The molecule has 32 heavy (non-hydrogen) atoms. The van der Waals surface area contributed by atoms with E-state index in [9.17, 15) is 14.4 Å². The Balaban J connectivity index is 1.85. The number of rotatable bonds is 6. The number of hydrogen-bond acceptors (Lipinski definition) is 5. The normalized spacial score (nSPS) is 10.5. The van der Waals surface area contributed by atoms with Crippen molar-refractivity contribution in [2.45, 2.75) is 20.3 Å². The summed E-state index contributed by atoms with van der Waals surface area (Å²) in [6, 6.07) is 12.0. The average Bonchev–Trinajstić information content (AvgIpc) is 3.07. The van der Waals surface area contributed by atoms with Crippen LogP contribution in [-0.4, -0.2) is 24.9 Å². The van der Waals surface area contributed by atoms with Gasteiger partial charge in [-0.15, -0.1) is 11.3 Å². The number of esters is 1. The first-order valence-electron chi connectivity index (χ1n) is 9.53. The fourth-order valence-electron chi connectivity index (χ4n) is 2.98. The number of thiophene rings is 1. The van der Waals surface area contributed by atoms with Crippen LogP contribution in [0.2, 0.25) is 10.0 Å². The summed E-state index contributed by atoms with van der Waals surface area (Å²) in [5, 5.41) is 6.85. The lowest BCUT2D eigenvalue weighted by Gasteiger charge is -2.07. The fourth-order valence-corrected chi connectivity index (χ4v) is 4.40. The minimum atomic E-state index is -0.641. The molecule has 0 bridgehead atoms. The lowest BCUT2D eigenvalue weighted by atomic mass is 10.1. The Bertz CT molecular complexity index is 1190. The summed E-state index contributed by atoms with van der Waals surface area (Å²) in [6.45, 7) is 3.49. The number of aryl methyl sites for hydroxylation is 1. The third kappa shape index (κ3) is 5.48. The van der Waals surface area contributed by atoms with Gasteiger partial charge in [0, 0.05) is 15.7 Å². The summed E-state index contributed by atoms with van der Waals surface area (Å²) in [4.78, 5) is 38.1. The Morgan fingerprint density at radius 1 is 1.00 bits per heavy atom. The number of ether oxygens (including phenoxy) is 1. The monoisotopic (exact) mass is 490 g/mol. The Hall–Kier alpha value is -2.87. The number of benzene rings is 2. The van der Waals surface area contributed by atoms with Gasteiger partial charge in [0.15, 0.2) is 0 Å². The van der Waals surface area contributed by atoms with Gasteiger partial charge in [0.05, 0.1) is 24.0 Å². The summed E-state index contributed by atoms with van der Waals surface area (Å²) in [7, 11) is 1.24. The zero-order chi connectivity index (χ0) is 23.4. The van der Waals surface area contributed by atoms with Crippen LogP contribution in [0.4, 0.5) is 10.7 Å². The van der Waals surface area contributed by atoms with Crippen LogP contribution in [0.1, 0.15) is 36.7 Å². The zero-order valence-electron chi connectivity index (χ0n) is 17.5. The molecule has 2 amide bonds. The van der Waals surface area contributed by atoms with Crippen molar-refractivity contribution >= 4 is 63.0 Å². The highest BCUT2D eigenvalue weighted by Crippen LogP contribution is 2.34. The lowest BCUT2D eigenvalue weighted by molar-refractivity contribution is -0.115. The van der Waals surface area contributed by atoms with Gasteiger partial charge in [0.2, 0.25) is 5.91 Å². The molecule has 9 heteroatoms. The maximum Gasteiger partial charge on any atom is 0.341 e. The Morgan fingerprint density at radius 2 is 1.69 bits per heavy atom. The van der Waals surface area contributed by atoms with E-state index in [2.05, 4.69) is 10.6 Å². The van der Waals surface area contributed by atoms with Gasteiger partial charge >= 0.3 is 5.97 Å². The molecule has 2 aromatic carbocycles. The van der Waals surface area contributed by atoms with Crippen LogP contribution in [0.3, 0.4) is 0 Å². The molecule has 0 aliphatic carbocycles. The molecule has 166 valence electrons. The second-order valence-corrected chi connectivity index (χ2v) is 8.89. The van der Waals surface area contributed by atoms with Gasteiger partial charge in [-0.25, -0.2) is 4.79 Å². The molecule has 3 aromatic rings. The zero-order valence-corrected chi connectivity index (χ0v) is 19.9. The SMILES string of the molecule is COC(=O)c1c(NC(=O)Cc2ccc(Cl)cc2)sc(C(=O)Nc2ccc(C)c(Cl)c2)c1C. The number of methoxy groups -OCH3 is 1. The second kappa shape index (κ2) is 10.2. The van der Waals surface area contributed by atoms with Crippen molar-refractivity contribution < 1.29 is 19.1 Å². The number of halogens is 2. The minimum Gasteiger partial charge on any atom is -0.465 e. The molecule has 3 rings (SSSR count). The lowest BCUT2D eigenvalue weighted by Crippen LogP contribution is -2.16. The van der Waals surface area contributed by atoms with Crippen molar-refractivity contribution in [2.24, 2.45) is 0 Å². The molecule has 6 nitrogen and oxygen atoms in total. The van der Waals surface area contributed by atoms with Crippen LogP contribution < -0.4 is 10.6 Å². The molecule has 0 fully saturated rings. The Morgan fingerprint density at radius 3 is 2.31 bits per heavy atom. The van der Waals surface area contributed by atoms with E-state index in [4.69, 9.17) is 27.9 Å². The molecule has 0 aliphatic rings. The van der Waals surface area contributed by atoms with Crippen molar-refractivity contribution in [1.82, 2.24) is 0 Å². The molecule has 0 aliphatic heterocycles. The van der Waals surface area contributed by atoms with E-state index in [-0.39, 0.29) is 27.8 Å². The predicted molar refractivity (Wildman–Crippen MR) is 128 cm³/mol. The summed E-state index contributed by atoms with van der Waals surface area (Å²) < 4.78 is 4.86. The largest absolute Gasteiger partial charge is 0.465 e. The molecule has 1 aromatic heterocycles. The third-order valence-corrected chi connectivity index (χ3v) is 6.57. The van der Waals surface area contributed by atoms with E-state index in [0.29, 0.717) is 21.3 Å². The maximum atomic E-state index is 12.9. The van der Waals surface area contributed by atoms with E-state index >= 15 is 0 Å². The predicted octanol–water partition coefficient (Wildman–Crippen LogP) is 5.89. The highest BCUT2D eigenvalue weighted by Gasteiger charge is 2.26. The first-order chi connectivity index (χ1) is 15.2. The molecule has 0 spiro atoms. The molecule has 1 heterocycles. The quantitative estimate of drug-likeness (QED) is 0.421. The van der Waals surface area contributed by atoms with Crippen LogP contribution in [-0.2, 0) is 16.0 Å². The Labute approximate surface area is 199 Å². The van der Waals surface area contributed by atoms with Gasteiger partial charge in [-0.3, -0.25) is 9.59 Å². The minimum absolute atomic E-state index is 0.0815. The van der Waals surface area contributed by atoms with E-state index in [1.165, 1.54) is 7.11 Å². The van der Waals surface area contributed by atoms with Crippen molar-refractivity contribution in [3.8, 4) is 0 Å². The number of anilines is 2. The van der Waals surface area contributed by atoms with Crippen molar-refractivity contribution in [3.63, 3.8) is 0 Å². The highest BCUT2D eigenvalue weighted by molar-refractivity contribution is 7.19. The number of nitrogens with one attached hydrogen (secondary N) is 2. The summed E-state index contributed by atoms with van der Waals surface area (Å²) in [6.07, 6.45) is 0.0815. The van der Waals surface area contributed by atoms with E-state index < -0.39 is 11.9 Å². The number of amides is 2. The van der Waals surface area contributed by atoms with Gasteiger partial charge in [0.25, 0.3) is 5.91 Å². The topological polar surface area (TPSA) is 84.5 Å². The first kappa shape index (κ1) is 23.8. The molecule has 2 N–H and O–H groups in total. The maximum absolute atomic E-state index is 12.9.